The zero-order valence-electron chi connectivity index (χ0n) is 9.76. The first-order chi connectivity index (χ1) is 8.27. The van der Waals surface area contributed by atoms with Crippen LogP contribution in [0.4, 0.5) is 0 Å². The van der Waals surface area contributed by atoms with Gasteiger partial charge >= 0.3 is 0 Å². The van der Waals surface area contributed by atoms with E-state index in [9.17, 15) is 9.59 Å². The fourth-order valence-corrected chi connectivity index (χ4v) is 2.14. The quantitative estimate of drug-likeness (QED) is 0.588. The molecular formula is C15H16O2. The second-order valence-electron chi connectivity index (χ2n) is 4.41. The molecule has 0 bridgehead atoms. The molecule has 17 heavy (non-hydrogen) atoms. The number of carbonyl (C=O) groups is 2. The molecule has 0 saturated heterocycles. The molecule has 1 aliphatic carbocycles. The van der Waals surface area contributed by atoms with E-state index in [0.29, 0.717) is 6.42 Å². The van der Waals surface area contributed by atoms with Crippen molar-refractivity contribution >= 4 is 17.6 Å². The first kappa shape index (κ1) is 11.8. The third-order valence-corrected chi connectivity index (χ3v) is 3.14. The Kier molecular flexibility index (Phi) is 3.86. The summed E-state index contributed by atoms with van der Waals surface area (Å²) in [7, 11) is 0. The number of carbonyl (C=O) groups excluding carboxylic acids is 2. The maximum absolute atomic E-state index is 11.9. The highest BCUT2D eigenvalue weighted by molar-refractivity contribution is 6.09. The Bertz CT molecular complexity index is 431. The van der Waals surface area contributed by atoms with Crippen molar-refractivity contribution in [2.24, 2.45) is 5.92 Å². The zero-order valence-corrected chi connectivity index (χ0v) is 9.76. The Morgan fingerprint density at radius 3 is 2.65 bits per heavy atom. The van der Waals surface area contributed by atoms with E-state index >= 15 is 0 Å². The molecule has 1 aromatic rings. The summed E-state index contributed by atoms with van der Waals surface area (Å²) in [5.74, 6) is -0.318. The predicted molar refractivity (Wildman–Crippen MR) is 67.4 cm³/mol. The largest absolute Gasteiger partial charge is 0.299 e. The summed E-state index contributed by atoms with van der Waals surface area (Å²) in [6, 6.07) is 9.66. The summed E-state index contributed by atoms with van der Waals surface area (Å²) >= 11 is 0. The minimum atomic E-state index is -0.385. The molecule has 1 saturated carbocycles. The first-order valence-electron chi connectivity index (χ1n) is 6.07. The van der Waals surface area contributed by atoms with Gasteiger partial charge in [-0.2, -0.15) is 0 Å². The van der Waals surface area contributed by atoms with Gasteiger partial charge < -0.3 is 0 Å². The number of Topliss-reactive ketones (excluding diaryl/α,β-unsaturated/α-hetero) is 1. The lowest BCUT2D eigenvalue weighted by atomic mass is 9.85. The van der Waals surface area contributed by atoms with E-state index in [2.05, 4.69) is 0 Å². The first-order valence-corrected chi connectivity index (χ1v) is 6.07. The summed E-state index contributed by atoms with van der Waals surface area (Å²) in [6.45, 7) is 0. The summed E-state index contributed by atoms with van der Waals surface area (Å²) in [4.78, 5) is 23.5. The minimum absolute atomic E-state index is 0.0430. The molecule has 1 aromatic carbocycles. The molecule has 2 heteroatoms. The molecule has 88 valence electrons. The third kappa shape index (κ3) is 3.13. The van der Waals surface area contributed by atoms with Crippen LogP contribution < -0.4 is 0 Å². The second-order valence-corrected chi connectivity index (χ2v) is 4.41. The minimum Gasteiger partial charge on any atom is -0.299 e. The van der Waals surface area contributed by atoms with Crippen molar-refractivity contribution in [3.05, 3.63) is 42.0 Å². The summed E-state index contributed by atoms with van der Waals surface area (Å²) < 4.78 is 0. The Labute approximate surface area is 101 Å². The van der Waals surface area contributed by atoms with Gasteiger partial charge in [0, 0.05) is 6.42 Å². The van der Waals surface area contributed by atoms with Gasteiger partial charge in [-0.1, -0.05) is 42.8 Å². The molecule has 1 atom stereocenters. The standard InChI is InChI=1S/C15H16O2/c16-14-9-5-4-8-13(14)15(17)11-10-12-6-2-1-3-7-12/h1-3,6-7,10-11,13H,4-5,8-9H2. The molecule has 0 aromatic heterocycles. The van der Waals surface area contributed by atoms with Crippen molar-refractivity contribution in [2.75, 3.05) is 0 Å². The van der Waals surface area contributed by atoms with E-state index in [1.807, 2.05) is 30.3 Å². The second kappa shape index (κ2) is 5.58. The van der Waals surface area contributed by atoms with Gasteiger partial charge in [-0.3, -0.25) is 9.59 Å². The van der Waals surface area contributed by atoms with Gasteiger partial charge in [-0.05, 0) is 24.5 Å². The molecule has 2 rings (SSSR count). The normalized spacial score (nSPS) is 20.7. The van der Waals surface area contributed by atoms with Gasteiger partial charge in [0.2, 0.25) is 0 Å². The summed E-state index contributed by atoms with van der Waals surface area (Å²) in [6.07, 6.45) is 6.53. The highest BCUT2D eigenvalue weighted by atomic mass is 16.1. The van der Waals surface area contributed by atoms with Crippen molar-refractivity contribution in [1.82, 2.24) is 0 Å². The fourth-order valence-electron chi connectivity index (χ4n) is 2.14. The number of allylic oxidation sites excluding steroid dienone is 1. The molecule has 1 fully saturated rings. The zero-order chi connectivity index (χ0) is 12.1. The van der Waals surface area contributed by atoms with Crippen LogP contribution in [0, 0.1) is 5.92 Å². The maximum atomic E-state index is 11.9. The van der Waals surface area contributed by atoms with Gasteiger partial charge in [0.1, 0.15) is 5.78 Å². The van der Waals surface area contributed by atoms with Crippen molar-refractivity contribution < 1.29 is 9.59 Å². The monoisotopic (exact) mass is 228 g/mol. The average molecular weight is 228 g/mol. The van der Waals surface area contributed by atoms with Gasteiger partial charge in [0.15, 0.2) is 5.78 Å². The highest BCUT2D eigenvalue weighted by Crippen LogP contribution is 2.22. The third-order valence-electron chi connectivity index (χ3n) is 3.14. The number of ketones is 2. The van der Waals surface area contributed by atoms with Crippen LogP contribution in [0.5, 0.6) is 0 Å². The van der Waals surface area contributed by atoms with E-state index < -0.39 is 0 Å². The van der Waals surface area contributed by atoms with Crippen LogP contribution in [-0.4, -0.2) is 11.6 Å². The van der Waals surface area contributed by atoms with Gasteiger partial charge in [-0.15, -0.1) is 0 Å². The van der Waals surface area contributed by atoms with Crippen molar-refractivity contribution in [3.63, 3.8) is 0 Å². The van der Waals surface area contributed by atoms with Crippen molar-refractivity contribution in [2.45, 2.75) is 25.7 Å². The topological polar surface area (TPSA) is 34.1 Å². The van der Waals surface area contributed by atoms with Crippen LogP contribution >= 0.6 is 0 Å². The lowest BCUT2D eigenvalue weighted by Crippen LogP contribution is -2.25. The van der Waals surface area contributed by atoms with E-state index in [0.717, 1.165) is 24.8 Å². The summed E-state index contributed by atoms with van der Waals surface area (Å²) in [5.41, 5.74) is 0.990. The molecule has 0 radical (unpaired) electrons. The Hall–Kier alpha value is -1.70. The van der Waals surface area contributed by atoms with E-state index in [1.165, 1.54) is 0 Å². The highest BCUT2D eigenvalue weighted by Gasteiger charge is 2.26. The molecule has 1 aliphatic rings. The molecule has 0 N–H and O–H groups in total. The van der Waals surface area contributed by atoms with Gasteiger partial charge in [0.25, 0.3) is 0 Å². The lowest BCUT2D eigenvalue weighted by molar-refractivity contribution is -0.131. The van der Waals surface area contributed by atoms with Crippen LogP contribution in [0.2, 0.25) is 0 Å². The van der Waals surface area contributed by atoms with Crippen molar-refractivity contribution in [3.8, 4) is 0 Å². The number of rotatable bonds is 3. The van der Waals surface area contributed by atoms with Crippen LogP contribution in [0.15, 0.2) is 36.4 Å². The van der Waals surface area contributed by atoms with Crippen molar-refractivity contribution in [1.29, 1.82) is 0 Å². The Morgan fingerprint density at radius 2 is 1.94 bits per heavy atom. The molecular weight excluding hydrogens is 212 g/mol. The van der Waals surface area contributed by atoms with E-state index in [4.69, 9.17) is 0 Å². The molecule has 0 spiro atoms. The molecule has 2 nitrogen and oxygen atoms in total. The SMILES string of the molecule is O=C(C=Cc1ccccc1)C1CCCCC1=O. The summed E-state index contributed by atoms with van der Waals surface area (Å²) in [5, 5.41) is 0. The number of hydrogen-bond donors (Lipinski definition) is 0. The molecule has 0 amide bonds. The molecule has 0 heterocycles. The van der Waals surface area contributed by atoms with Gasteiger partial charge in [0.05, 0.1) is 5.92 Å². The predicted octanol–water partition coefficient (Wildman–Crippen LogP) is 3.03. The molecule has 0 aliphatic heterocycles. The lowest BCUT2D eigenvalue weighted by Gasteiger charge is -2.17. The average Bonchev–Trinajstić information content (AvgIpc) is 2.38. The van der Waals surface area contributed by atoms with Crippen LogP contribution in [0.25, 0.3) is 6.08 Å². The van der Waals surface area contributed by atoms with Crippen LogP contribution in [0.1, 0.15) is 31.2 Å². The smallest absolute Gasteiger partial charge is 0.166 e. The number of benzene rings is 1. The van der Waals surface area contributed by atoms with E-state index in [-0.39, 0.29) is 17.5 Å². The van der Waals surface area contributed by atoms with E-state index in [1.54, 1.807) is 12.2 Å². The van der Waals surface area contributed by atoms with Crippen LogP contribution in [-0.2, 0) is 9.59 Å². The van der Waals surface area contributed by atoms with Crippen LogP contribution in [0.3, 0.4) is 0 Å². The fraction of sp³-hybridized carbons (Fsp3) is 0.333. The molecule has 1 unspecified atom stereocenters. The Morgan fingerprint density at radius 1 is 1.18 bits per heavy atom. The number of hydrogen-bond acceptors (Lipinski definition) is 2. The van der Waals surface area contributed by atoms with Gasteiger partial charge in [-0.25, -0.2) is 0 Å². The maximum Gasteiger partial charge on any atom is 0.166 e. The Balaban J connectivity index is 2.01.